The van der Waals surface area contributed by atoms with E-state index in [-0.39, 0.29) is 11.8 Å². The molecule has 0 radical (unpaired) electrons. The van der Waals surface area contributed by atoms with Gasteiger partial charge in [-0.15, -0.1) is 0 Å². The van der Waals surface area contributed by atoms with Gasteiger partial charge in [-0.1, -0.05) is 19.0 Å². The third-order valence-electron chi connectivity index (χ3n) is 3.29. The molecule has 1 saturated heterocycles. The zero-order valence-electron chi connectivity index (χ0n) is 10.9. The SMILES string of the molecule is CCCS(=O)(=O)N1CCC[C@@H]1c1cc(CC)no1. The monoisotopic (exact) mass is 272 g/mol. The lowest BCUT2D eigenvalue weighted by Gasteiger charge is -2.21. The quantitative estimate of drug-likeness (QED) is 0.823. The number of sulfonamides is 1. The molecule has 0 saturated carbocycles. The molecule has 1 aliphatic rings. The Balaban J connectivity index is 2.22. The highest BCUT2D eigenvalue weighted by Crippen LogP contribution is 2.34. The van der Waals surface area contributed by atoms with Crippen molar-refractivity contribution in [2.24, 2.45) is 0 Å². The van der Waals surface area contributed by atoms with Crippen LogP contribution in [-0.4, -0.2) is 30.2 Å². The molecule has 0 bridgehead atoms. The molecule has 0 unspecified atom stereocenters. The Labute approximate surface area is 108 Å². The van der Waals surface area contributed by atoms with Crippen molar-refractivity contribution in [1.29, 1.82) is 0 Å². The van der Waals surface area contributed by atoms with Crippen molar-refractivity contribution in [2.45, 2.75) is 45.6 Å². The Morgan fingerprint density at radius 2 is 2.28 bits per heavy atom. The minimum atomic E-state index is -3.16. The normalized spacial score (nSPS) is 21.6. The topological polar surface area (TPSA) is 63.4 Å². The van der Waals surface area contributed by atoms with E-state index in [0.717, 1.165) is 25.0 Å². The minimum Gasteiger partial charge on any atom is -0.359 e. The van der Waals surface area contributed by atoms with Crippen molar-refractivity contribution >= 4 is 10.0 Å². The van der Waals surface area contributed by atoms with Crippen molar-refractivity contribution in [3.8, 4) is 0 Å². The lowest BCUT2D eigenvalue weighted by atomic mass is 10.1. The van der Waals surface area contributed by atoms with Gasteiger partial charge in [0.25, 0.3) is 0 Å². The summed E-state index contributed by atoms with van der Waals surface area (Å²) < 4.78 is 31.2. The Bertz CT molecular complexity index is 495. The van der Waals surface area contributed by atoms with Gasteiger partial charge in [-0.3, -0.25) is 0 Å². The maximum atomic E-state index is 12.2. The van der Waals surface area contributed by atoms with Crippen LogP contribution in [0.4, 0.5) is 0 Å². The van der Waals surface area contributed by atoms with E-state index < -0.39 is 10.0 Å². The van der Waals surface area contributed by atoms with Gasteiger partial charge in [0.05, 0.1) is 17.5 Å². The van der Waals surface area contributed by atoms with Gasteiger partial charge in [-0.05, 0) is 25.7 Å². The highest BCUT2D eigenvalue weighted by atomic mass is 32.2. The summed E-state index contributed by atoms with van der Waals surface area (Å²) in [5, 5.41) is 3.95. The molecule has 0 spiro atoms. The summed E-state index contributed by atoms with van der Waals surface area (Å²) >= 11 is 0. The summed E-state index contributed by atoms with van der Waals surface area (Å²) in [6.07, 6.45) is 3.15. The first-order valence-electron chi connectivity index (χ1n) is 6.53. The molecule has 0 N–H and O–H groups in total. The molecule has 18 heavy (non-hydrogen) atoms. The molecule has 5 nitrogen and oxygen atoms in total. The Kier molecular flexibility index (Phi) is 4.07. The fraction of sp³-hybridized carbons (Fsp3) is 0.750. The maximum Gasteiger partial charge on any atom is 0.214 e. The summed E-state index contributed by atoms with van der Waals surface area (Å²) in [5.41, 5.74) is 0.879. The van der Waals surface area contributed by atoms with E-state index in [1.165, 1.54) is 0 Å². The summed E-state index contributed by atoms with van der Waals surface area (Å²) in [7, 11) is -3.16. The summed E-state index contributed by atoms with van der Waals surface area (Å²) in [6.45, 7) is 4.48. The van der Waals surface area contributed by atoms with Gasteiger partial charge in [0.15, 0.2) is 5.76 Å². The number of nitrogens with zero attached hydrogens (tertiary/aromatic N) is 2. The van der Waals surface area contributed by atoms with Crippen LogP contribution >= 0.6 is 0 Å². The van der Waals surface area contributed by atoms with Gasteiger partial charge >= 0.3 is 0 Å². The molecule has 0 aliphatic carbocycles. The summed E-state index contributed by atoms with van der Waals surface area (Å²) in [6, 6.07) is 1.72. The third-order valence-corrected chi connectivity index (χ3v) is 5.37. The van der Waals surface area contributed by atoms with E-state index >= 15 is 0 Å². The third kappa shape index (κ3) is 2.59. The van der Waals surface area contributed by atoms with E-state index in [1.54, 1.807) is 4.31 Å². The van der Waals surface area contributed by atoms with Gasteiger partial charge in [-0.2, -0.15) is 4.31 Å². The van der Waals surface area contributed by atoms with Gasteiger partial charge in [0.2, 0.25) is 10.0 Å². The second-order valence-electron chi connectivity index (χ2n) is 4.66. The first kappa shape index (κ1) is 13.5. The van der Waals surface area contributed by atoms with Gasteiger partial charge < -0.3 is 4.52 Å². The first-order chi connectivity index (χ1) is 8.58. The number of rotatable bonds is 5. The zero-order chi connectivity index (χ0) is 13.2. The molecule has 2 heterocycles. The molecule has 1 aromatic heterocycles. The molecule has 1 atom stereocenters. The van der Waals surface area contributed by atoms with Crippen LogP contribution in [0.2, 0.25) is 0 Å². The fourth-order valence-electron chi connectivity index (χ4n) is 2.38. The highest BCUT2D eigenvalue weighted by Gasteiger charge is 2.36. The molecule has 102 valence electrons. The Morgan fingerprint density at radius 1 is 1.50 bits per heavy atom. The van der Waals surface area contributed by atoms with Crippen molar-refractivity contribution in [3.05, 3.63) is 17.5 Å². The predicted molar refractivity (Wildman–Crippen MR) is 68.6 cm³/mol. The standard InChI is InChI=1S/C12H20N2O3S/c1-3-8-18(15,16)14-7-5-6-11(14)12-9-10(4-2)13-17-12/h9,11H,3-8H2,1-2H3/t11-/m1/s1. The zero-order valence-corrected chi connectivity index (χ0v) is 11.7. The van der Waals surface area contributed by atoms with Crippen LogP contribution in [0.3, 0.4) is 0 Å². The molecule has 0 amide bonds. The van der Waals surface area contributed by atoms with Crippen LogP contribution in [0.15, 0.2) is 10.6 Å². The van der Waals surface area contributed by atoms with Crippen LogP contribution in [0.25, 0.3) is 0 Å². The lowest BCUT2D eigenvalue weighted by molar-refractivity contribution is 0.296. The molecule has 2 rings (SSSR count). The molecule has 6 heteroatoms. The average molecular weight is 272 g/mol. The smallest absolute Gasteiger partial charge is 0.214 e. The van der Waals surface area contributed by atoms with Crippen molar-refractivity contribution < 1.29 is 12.9 Å². The molecular formula is C12H20N2O3S. The van der Waals surface area contributed by atoms with Crippen molar-refractivity contribution in [3.63, 3.8) is 0 Å². The van der Waals surface area contributed by atoms with Gasteiger partial charge in [0, 0.05) is 12.6 Å². The highest BCUT2D eigenvalue weighted by molar-refractivity contribution is 7.89. The predicted octanol–water partition coefficient (Wildman–Crippen LogP) is 2.11. The second-order valence-corrected chi connectivity index (χ2v) is 6.70. The van der Waals surface area contributed by atoms with Crippen LogP contribution in [0.1, 0.15) is 50.6 Å². The van der Waals surface area contributed by atoms with Crippen LogP contribution < -0.4 is 0 Å². The maximum absolute atomic E-state index is 12.2. The number of aromatic nitrogens is 1. The van der Waals surface area contributed by atoms with Crippen molar-refractivity contribution in [2.75, 3.05) is 12.3 Å². The molecule has 1 aromatic rings. The summed E-state index contributed by atoms with van der Waals surface area (Å²) in [4.78, 5) is 0. The Hall–Kier alpha value is -0.880. The van der Waals surface area contributed by atoms with Gasteiger partial charge in [-0.25, -0.2) is 8.42 Å². The van der Waals surface area contributed by atoms with E-state index in [0.29, 0.717) is 18.7 Å². The second kappa shape index (κ2) is 5.40. The number of hydrogen-bond donors (Lipinski definition) is 0. The van der Waals surface area contributed by atoms with E-state index in [9.17, 15) is 8.42 Å². The van der Waals surface area contributed by atoms with E-state index in [4.69, 9.17) is 4.52 Å². The van der Waals surface area contributed by atoms with Gasteiger partial charge in [0.1, 0.15) is 0 Å². The van der Waals surface area contributed by atoms with E-state index in [1.807, 2.05) is 19.9 Å². The number of aryl methyl sites for hydroxylation is 1. The van der Waals surface area contributed by atoms with Crippen LogP contribution in [-0.2, 0) is 16.4 Å². The molecular weight excluding hydrogens is 252 g/mol. The molecule has 1 fully saturated rings. The van der Waals surface area contributed by atoms with E-state index in [2.05, 4.69) is 5.16 Å². The lowest BCUT2D eigenvalue weighted by Crippen LogP contribution is -2.32. The summed E-state index contributed by atoms with van der Waals surface area (Å²) in [5.74, 6) is 0.891. The molecule has 0 aromatic carbocycles. The van der Waals surface area contributed by atoms with Crippen LogP contribution in [0, 0.1) is 0 Å². The fourth-order valence-corrected chi connectivity index (χ4v) is 4.14. The molecule has 1 aliphatic heterocycles. The Morgan fingerprint density at radius 3 is 2.89 bits per heavy atom. The van der Waals surface area contributed by atoms with Crippen LogP contribution in [0.5, 0.6) is 0 Å². The number of hydrogen-bond acceptors (Lipinski definition) is 4. The average Bonchev–Trinajstić information content (AvgIpc) is 2.97. The largest absolute Gasteiger partial charge is 0.359 e. The van der Waals surface area contributed by atoms with Crippen molar-refractivity contribution in [1.82, 2.24) is 9.46 Å². The minimum absolute atomic E-state index is 0.158. The first-order valence-corrected chi connectivity index (χ1v) is 8.14.